The first kappa shape index (κ1) is 20.9. The number of nitrogens with one attached hydrogen (secondary N) is 1. The lowest BCUT2D eigenvalue weighted by atomic mass is 9.79. The van der Waals surface area contributed by atoms with E-state index in [1.54, 1.807) is 0 Å². The number of thioether (sulfide) groups is 1. The molecule has 0 aliphatic carbocycles. The van der Waals surface area contributed by atoms with Crippen molar-refractivity contribution < 1.29 is 5.11 Å². The van der Waals surface area contributed by atoms with Crippen molar-refractivity contribution in [3.63, 3.8) is 0 Å². The molecule has 142 valence electrons. The number of phenolic OH excluding ortho intramolecular Hbond substituents is 1. The molecule has 0 atom stereocenters. The van der Waals surface area contributed by atoms with Gasteiger partial charge in [-0.1, -0.05) is 71.9 Å². The van der Waals surface area contributed by atoms with Crippen LogP contribution in [0.1, 0.15) is 58.2 Å². The summed E-state index contributed by atoms with van der Waals surface area (Å²) in [6.45, 7) is 14.8. The van der Waals surface area contributed by atoms with Crippen LogP contribution in [0.15, 0.2) is 47.4 Å². The van der Waals surface area contributed by atoms with Gasteiger partial charge in [0.1, 0.15) is 5.75 Å². The molecular weight excluding hydrogens is 338 g/mol. The van der Waals surface area contributed by atoms with Gasteiger partial charge >= 0.3 is 0 Å². The number of hydrogen-bond acceptors (Lipinski definition) is 3. The number of aromatic hydroxyl groups is 1. The van der Waals surface area contributed by atoms with Crippen molar-refractivity contribution in [2.75, 3.05) is 12.3 Å². The molecule has 2 aromatic rings. The van der Waals surface area contributed by atoms with E-state index in [9.17, 15) is 5.11 Å². The first-order valence-corrected chi connectivity index (χ1v) is 10.3. The van der Waals surface area contributed by atoms with Gasteiger partial charge < -0.3 is 10.4 Å². The van der Waals surface area contributed by atoms with E-state index in [2.05, 4.69) is 83.3 Å². The van der Waals surface area contributed by atoms with Crippen molar-refractivity contribution in [1.29, 1.82) is 0 Å². The Hall–Kier alpha value is -1.45. The van der Waals surface area contributed by atoms with Gasteiger partial charge in [0.25, 0.3) is 0 Å². The van der Waals surface area contributed by atoms with E-state index < -0.39 is 0 Å². The summed E-state index contributed by atoms with van der Waals surface area (Å²) in [5.41, 5.74) is 3.22. The van der Waals surface area contributed by atoms with Crippen LogP contribution in [0.4, 0.5) is 0 Å². The molecule has 26 heavy (non-hydrogen) atoms. The van der Waals surface area contributed by atoms with E-state index in [1.165, 1.54) is 10.5 Å². The SMILES string of the molecule is CC(C)(C)c1cc(SCCNCc2ccccc2)cc(C(C)(C)C)c1O. The van der Waals surface area contributed by atoms with Gasteiger partial charge in [-0.2, -0.15) is 0 Å². The average Bonchev–Trinajstić information content (AvgIpc) is 2.54. The molecule has 0 radical (unpaired) electrons. The summed E-state index contributed by atoms with van der Waals surface area (Å²) in [5.74, 6) is 1.46. The third kappa shape index (κ3) is 5.78. The van der Waals surface area contributed by atoms with Crippen molar-refractivity contribution in [3.05, 3.63) is 59.2 Å². The van der Waals surface area contributed by atoms with E-state index >= 15 is 0 Å². The maximum absolute atomic E-state index is 10.8. The highest BCUT2D eigenvalue weighted by molar-refractivity contribution is 7.99. The summed E-state index contributed by atoms with van der Waals surface area (Å²) < 4.78 is 0. The fourth-order valence-electron chi connectivity index (χ4n) is 2.90. The van der Waals surface area contributed by atoms with Gasteiger partial charge in [-0.05, 0) is 28.5 Å². The molecule has 0 aliphatic rings. The zero-order valence-corrected chi connectivity index (χ0v) is 17.8. The van der Waals surface area contributed by atoms with Crippen LogP contribution in [0, 0.1) is 0 Å². The minimum atomic E-state index is -0.0772. The summed E-state index contributed by atoms with van der Waals surface area (Å²) in [7, 11) is 0. The number of hydrogen-bond donors (Lipinski definition) is 2. The first-order valence-electron chi connectivity index (χ1n) is 9.34. The van der Waals surface area contributed by atoms with Crippen LogP contribution in [-0.2, 0) is 17.4 Å². The zero-order chi connectivity index (χ0) is 19.4. The second kappa shape index (κ2) is 8.49. The van der Waals surface area contributed by atoms with E-state index in [-0.39, 0.29) is 10.8 Å². The average molecular weight is 372 g/mol. The Morgan fingerprint density at radius 2 is 1.42 bits per heavy atom. The van der Waals surface area contributed by atoms with Gasteiger partial charge in [-0.25, -0.2) is 0 Å². The van der Waals surface area contributed by atoms with Crippen LogP contribution in [0.2, 0.25) is 0 Å². The lowest BCUT2D eigenvalue weighted by molar-refractivity contribution is 0.422. The molecule has 0 saturated heterocycles. The molecule has 0 bridgehead atoms. The highest BCUT2D eigenvalue weighted by Crippen LogP contribution is 2.41. The van der Waals surface area contributed by atoms with Gasteiger partial charge in [-0.3, -0.25) is 0 Å². The predicted octanol–water partition coefficient (Wildman–Crippen LogP) is 5.87. The van der Waals surface area contributed by atoms with Crippen molar-refractivity contribution in [2.45, 2.75) is 63.8 Å². The summed E-state index contributed by atoms with van der Waals surface area (Å²) in [5, 5.41) is 14.3. The van der Waals surface area contributed by atoms with Gasteiger partial charge in [0.05, 0.1) is 0 Å². The van der Waals surface area contributed by atoms with Crippen LogP contribution in [0.3, 0.4) is 0 Å². The minimum Gasteiger partial charge on any atom is -0.507 e. The molecule has 0 spiro atoms. The smallest absolute Gasteiger partial charge is 0.123 e. The lowest BCUT2D eigenvalue weighted by Gasteiger charge is -2.28. The molecular formula is C23H33NOS. The fourth-order valence-corrected chi connectivity index (χ4v) is 3.79. The summed E-state index contributed by atoms with van der Waals surface area (Å²) in [6.07, 6.45) is 0. The molecule has 0 heterocycles. The molecule has 0 saturated carbocycles. The largest absolute Gasteiger partial charge is 0.507 e. The maximum Gasteiger partial charge on any atom is 0.123 e. The number of rotatable bonds is 6. The van der Waals surface area contributed by atoms with Gasteiger partial charge in [0, 0.05) is 34.9 Å². The van der Waals surface area contributed by atoms with Gasteiger partial charge in [-0.15, -0.1) is 11.8 Å². The number of benzene rings is 2. The van der Waals surface area contributed by atoms with Crippen LogP contribution in [0.5, 0.6) is 5.75 Å². The van der Waals surface area contributed by atoms with Crippen molar-refractivity contribution >= 4 is 11.8 Å². The molecule has 0 fully saturated rings. The Labute approximate surface area is 163 Å². The second-order valence-electron chi connectivity index (χ2n) is 8.88. The first-order chi connectivity index (χ1) is 12.1. The zero-order valence-electron chi connectivity index (χ0n) is 17.0. The molecule has 2 aromatic carbocycles. The predicted molar refractivity (Wildman–Crippen MR) is 114 cm³/mol. The molecule has 0 aromatic heterocycles. The molecule has 2 rings (SSSR count). The highest BCUT2D eigenvalue weighted by atomic mass is 32.2. The molecule has 0 unspecified atom stereocenters. The summed E-state index contributed by atoms with van der Waals surface area (Å²) in [6, 6.07) is 14.8. The molecule has 0 amide bonds. The molecule has 2 nitrogen and oxygen atoms in total. The fraction of sp³-hybridized carbons (Fsp3) is 0.478. The quantitative estimate of drug-likeness (QED) is 0.492. The Bertz CT molecular complexity index is 676. The van der Waals surface area contributed by atoms with Crippen LogP contribution in [-0.4, -0.2) is 17.4 Å². The van der Waals surface area contributed by atoms with E-state index in [4.69, 9.17) is 0 Å². The van der Waals surface area contributed by atoms with Gasteiger partial charge in [0.2, 0.25) is 0 Å². The normalized spacial score (nSPS) is 12.4. The van der Waals surface area contributed by atoms with Gasteiger partial charge in [0.15, 0.2) is 0 Å². The standard InChI is InChI=1S/C23H33NOS/c1-22(2,3)19-14-18(15-20(21(19)25)23(4,5)6)26-13-12-24-16-17-10-8-7-9-11-17/h7-11,14-15,24-25H,12-13,16H2,1-6H3. The summed E-state index contributed by atoms with van der Waals surface area (Å²) >= 11 is 1.85. The lowest BCUT2D eigenvalue weighted by Crippen LogP contribution is -2.18. The van der Waals surface area contributed by atoms with Crippen molar-refractivity contribution in [1.82, 2.24) is 5.32 Å². The van der Waals surface area contributed by atoms with E-state index in [1.807, 2.05) is 17.8 Å². The molecule has 2 N–H and O–H groups in total. The summed E-state index contributed by atoms with van der Waals surface area (Å²) in [4.78, 5) is 1.24. The van der Waals surface area contributed by atoms with Crippen molar-refractivity contribution in [3.8, 4) is 5.75 Å². The Morgan fingerprint density at radius 1 is 0.885 bits per heavy atom. The van der Waals surface area contributed by atoms with Crippen LogP contribution >= 0.6 is 11.8 Å². The third-order valence-electron chi connectivity index (χ3n) is 4.42. The maximum atomic E-state index is 10.8. The Balaban J connectivity index is 2.04. The molecule has 3 heteroatoms. The highest BCUT2D eigenvalue weighted by Gasteiger charge is 2.26. The monoisotopic (exact) mass is 371 g/mol. The van der Waals surface area contributed by atoms with E-state index in [0.29, 0.717) is 5.75 Å². The van der Waals surface area contributed by atoms with E-state index in [0.717, 1.165) is 30.0 Å². The van der Waals surface area contributed by atoms with Crippen LogP contribution in [0.25, 0.3) is 0 Å². The molecule has 0 aliphatic heterocycles. The van der Waals surface area contributed by atoms with Crippen LogP contribution < -0.4 is 5.32 Å². The topological polar surface area (TPSA) is 32.3 Å². The third-order valence-corrected chi connectivity index (χ3v) is 5.40. The Kier molecular flexibility index (Phi) is 6.81. The number of phenols is 1. The minimum absolute atomic E-state index is 0.0772. The van der Waals surface area contributed by atoms with Crippen molar-refractivity contribution in [2.24, 2.45) is 0 Å². The second-order valence-corrected chi connectivity index (χ2v) is 10.0. The Morgan fingerprint density at radius 3 is 1.92 bits per heavy atom.